The van der Waals surface area contributed by atoms with Crippen LogP contribution in [0.1, 0.15) is 35.4 Å². The fraction of sp³-hybridized carbons (Fsp3) is 0.368. The lowest BCUT2D eigenvalue weighted by Crippen LogP contribution is -2.41. The number of hydrogen-bond acceptors (Lipinski definition) is 7. The summed E-state index contributed by atoms with van der Waals surface area (Å²) in [5.74, 6) is 0.406. The van der Waals surface area contributed by atoms with Crippen molar-refractivity contribution in [2.24, 2.45) is 7.05 Å². The summed E-state index contributed by atoms with van der Waals surface area (Å²) in [7, 11) is 1.92. The average molecular weight is 406 g/mol. The van der Waals surface area contributed by atoms with Gasteiger partial charge in [0.15, 0.2) is 11.5 Å². The van der Waals surface area contributed by atoms with E-state index in [0.717, 1.165) is 41.5 Å². The molecule has 30 heavy (non-hydrogen) atoms. The van der Waals surface area contributed by atoms with E-state index in [1.165, 1.54) is 4.52 Å². The number of hydrogen-bond donors (Lipinski definition) is 3. The Morgan fingerprint density at radius 2 is 2.17 bits per heavy atom. The van der Waals surface area contributed by atoms with E-state index in [9.17, 15) is 4.79 Å². The summed E-state index contributed by atoms with van der Waals surface area (Å²) in [6, 6.07) is 7.59. The van der Waals surface area contributed by atoms with E-state index in [1.807, 2.05) is 17.8 Å². The number of nitrogens with zero attached hydrogens (tertiary/aromatic N) is 6. The Balaban J connectivity index is 1.53. The zero-order valence-electron chi connectivity index (χ0n) is 16.3. The molecule has 1 saturated carbocycles. The van der Waals surface area contributed by atoms with Gasteiger partial charge in [-0.25, -0.2) is 0 Å². The Kier molecular flexibility index (Phi) is 3.72. The summed E-state index contributed by atoms with van der Waals surface area (Å²) < 4.78 is 9.55. The SMILES string of the molecule is C[n+]1[nH]nc2c3cc(cc21)CO[C@@H]1CCC[C@H]1NC(=O)c1nnc2ccc(nn12)N3. The summed E-state index contributed by atoms with van der Waals surface area (Å²) in [5, 5.41) is 26.4. The molecule has 152 valence electrons. The minimum Gasteiger partial charge on any atom is -0.371 e. The van der Waals surface area contributed by atoms with Crippen molar-refractivity contribution in [2.75, 3.05) is 5.32 Å². The van der Waals surface area contributed by atoms with Crippen molar-refractivity contribution in [1.29, 1.82) is 0 Å². The lowest BCUT2D eigenvalue weighted by atomic mass is 10.1. The topological polar surface area (TPSA) is 126 Å². The summed E-state index contributed by atoms with van der Waals surface area (Å²) in [5.41, 5.74) is 4.06. The third kappa shape index (κ3) is 2.70. The Morgan fingerprint density at radius 1 is 1.23 bits per heavy atom. The van der Waals surface area contributed by atoms with Crippen LogP contribution >= 0.6 is 0 Å². The summed E-state index contributed by atoms with van der Waals surface area (Å²) in [4.78, 5) is 12.9. The molecule has 1 aliphatic carbocycles. The Morgan fingerprint density at radius 3 is 3.10 bits per heavy atom. The molecule has 1 amide bonds. The second-order valence-corrected chi connectivity index (χ2v) is 7.78. The normalized spacial score (nSPS) is 21.4. The van der Waals surface area contributed by atoms with Gasteiger partial charge in [-0.2, -0.15) is 9.20 Å². The van der Waals surface area contributed by atoms with Gasteiger partial charge in [0.05, 0.1) is 24.4 Å². The molecule has 0 radical (unpaired) electrons. The molecule has 4 heterocycles. The van der Waals surface area contributed by atoms with Crippen molar-refractivity contribution in [2.45, 2.75) is 38.0 Å². The van der Waals surface area contributed by atoms with Gasteiger partial charge in [0.25, 0.3) is 11.4 Å². The number of anilines is 2. The molecule has 2 aliphatic rings. The summed E-state index contributed by atoms with van der Waals surface area (Å²) >= 11 is 0. The Labute approximate surface area is 170 Å². The maximum absolute atomic E-state index is 12.9. The quantitative estimate of drug-likeness (QED) is 0.368. The molecule has 0 spiro atoms. The molecule has 0 unspecified atom stereocenters. The van der Waals surface area contributed by atoms with Crippen LogP contribution in [0.4, 0.5) is 11.5 Å². The number of fused-ring (bicyclic) bond motifs is 6. The van der Waals surface area contributed by atoms with Crippen molar-refractivity contribution in [1.82, 2.24) is 35.4 Å². The molecule has 6 rings (SSSR count). The van der Waals surface area contributed by atoms with Gasteiger partial charge >= 0.3 is 0 Å². The van der Waals surface area contributed by atoms with Gasteiger partial charge in [-0.05, 0) is 49.1 Å². The first-order chi connectivity index (χ1) is 14.7. The van der Waals surface area contributed by atoms with E-state index in [-0.39, 0.29) is 23.9 Å². The van der Waals surface area contributed by atoms with Crippen LogP contribution in [0.25, 0.3) is 16.7 Å². The minimum absolute atomic E-state index is 0.0511. The first-order valence-corrected chi connectivity index (χ1v) is 9.95. The fourth-order valence-electron chi connectivity index (χ4n) is 4.27. The predicted molar refractivity (Wildman–Crippen MR) is 105 cm³/mol. The number of benzene rings is 1. The molecular formula is C19H20N9O2+. The first-order valence-electron chi connectivity index (χ1n) is 9.95. The van der Waals surface area contributed by atoms with Gasteiger partial charge in [0.2, 0.25) is 11.3 Å². The highest BCUT2D eigenvalue weighted by molar-refractivity contribution is 5.91. The van der Waals surface area contributed by atoms with E-state index in [1.54, 1.807) is 12.1 Å². The lowest BCUT2D eigenvalue weighted by Gasteiger charge is -2.21. The second-order valence-electron chi connectivity index (χ2n) is 7.78. The monoisotopic (exact) mass is 406 g/mol. The molecular weight excluding hydrogens is 386 g/mol. The van der Waals surface area contributed by atoms with Gasteiger partial charge in [-0.1, -0.05) is 5.21 Å². The van der Waals surface area contributed by atoms with Crippen molar-refractivity contribution in [3.63, 3.8) is 0 Å². The van der Waals surface area contributed by atoms with Crippen LogP contribution in [0.15, 0.2) is 24.3 Å². The predicted octanol–water partition coefficient (Wildman–Crippen LogP) is 0.750. The molecule has 1 fully saturated rings. The van der Waals surface area contributed by atoms with E-state index < -0.39 is 0 Å². The van der Waals surface area contributed by atoms with Gasteiger partial charge in [0.1, 0.15) is 7.05 Å². The lowest BCUT2D eigenvalue weighted by molar-refractivity contribution is -0.707. The number of nitrogens with one attached hydrogen (secondary N) is 3. The van der Waals surface area contributed by atoms with Crippen LogP contribution < -0.4 is 15.3 Å². The van der Waals surface area contributed by atoms with Gasteiger partial charge in [-0.3, -0.25) is 4.79 Å². The molecule has 1 aromatic carbocycles. The number of carbonyl (C=O) groups is 1. The van der Waals surface area contributed by atoms with Crippen LogP contribution in [-0.4, -0.2) is 48.2 Å². The first kappa shape index (κ1) is 17.3. The number of amides is 1. The number of aromatic nitrogens is 7. The highest BCUT2D eigenvalue weighted by Gasteiger charge is 2.31. The second kappa shape index (κ2) is 6.46. The maximum Gasteiger partial charge on any atom is 0.291 e. The van der Waals surface area contributed by atoms with E-state index in [2.05, 4.69) is 42.3 Å². The molecule has 3 N–H and O–H groups in total. The van der Waals surface area contributed by atoms with E-state index in [0.29, 0.717) is 18.1 Å². The Bertz CT molecular complexity index is 1290. The van der Waals surface area contributed by atoms with Crippen LogP contribution in [0, 0.1) is 0 Å². The zero-order chi connectivity index (χ0) is 20.2. The maximum atomic E-state index is 12.9. The fourth-order valence-corrected chi connectivity index (χ4v) is 4.27. The number of rotatable bonds is 0. The van der Waals surface area contributed by atoms with E-state index in [4.69, 9.17) is 4.74 Å². The number of aromatic amines is 1. The molecule has 11 heteroatoms. The third-order valence-electron chi connectivity index (χ3n) is 5.78. The van der Waals surface area contributed by atoms with Crippen LogP contribution in [0.3, 0.4) is 0 Å². The summed E-state index contributed by atoms with van der Waals surface area (Å²) in [6.07, 6.45) is 2.72. The molecule has 1 aliphatic heterocycles. The zero-order valence-corrected chi connectivity index (χ0v) is 16.3. The molecule has 3 aromatic heterocycles. The number of H-pyrrole nitrogens is 1. The van der Waals surface area contributed by atoms with Gasteiger partial charge in [-0.15, -0.1) is 15.3 Å². The van der Waals surface area contributed by atoms with E-state index >= 15 is 0 Å². The smallest absolute Gasteiger partial charge is 0.291 e. The van der Waals surface area contributed by atoms with Crippen molar-refractivity contribution in [3.8, 4) is 0 Å². The Hall–Kier alpha value is -3.60. The van der Waals surface area contributed by atoms with Crippen LogP contribution in [-0.2, 0) is 18.4 Å². The standard InChI is InChI=1S/C19H19N9O2/c1-27-13-8-10-7-12(17(13)23-26-27)20-15-5-6-16-22-24-18(28(16)25-15)19(29)21-11-3-2-4-14(11)30-9-10/h5-8,11,14H,2-4,9H2,1H3,(H2,20,21,25,26,29)/p+1/t11-,14-/m1/s1. The number of carbonyl (C=O) groups excluding carboxylic acids is 1. The van der Waals surface area contributed by atoms with Gasteiger partial charge in [0, 0.05) is 5.10 Å². The molecule has 4 aromatic rings. The highest BCUT2D eigenvalue weighted by Crippen LogP contribution is 2.28. The molecule has 2 atom stereocenters. The van der Waals surface area contributed by atoms with Crippen LogP contribution in [0.2, 0.25) is 0 Å². The number of aryl methyl sites for hydroxylation is 1. The van der Waals surface area contributed by atoms with Gasteiger partial charge < -0.3 is 15.4 Å². The largest absolute Gasteiger partial charge is 0.371 e. The number of ether oxygens (including phenoxy) is 1. The third-order valence-corrected chi connectivity index (χ3v) is 5.78. The highest BCUT2D eigenvalue weighted by atomic mass is 16.5. The van der Waals surface area contributed by atoms with Crippen molar-refractivity contribution < 1.29 is 14.2 Å². The molecule has 0 saturated heterocycles. The molecule has 11 nitrogen and oxygen atoms in total. The van der Waals surface area contributed by atoms with Crippen molar-refractivity contribution >= 4 is 34.1 Å². The van der Waals surface area contributed by atoms with Crippen LogP contribution in [0.5, 0.6) is 0 Å². The minimum atomic E-state index is -0.301. The van der Waals surface area contributed by atoms with Crippen molar-refractivity contribution in [3.05, 3.63) is 35.7 Å². The summed E-state index contributed by atoms with van der Waals surface area (Å²) in [6.45, 7) is 0.440. The molecule has 4 bridgehead atoms. The average Bonchev–Trinajstić information content (AvgIpc) is 3.45.